The van der Waals surface area contributed by atoms with Gasteiger partial charge in [0.25, 0.3) is 0 Å². The minimum atomic E-state index is -0.663. The van der Waals surface area contributed by atoms with Crippen molar-refractivity contribution in [3.05, 3.63) is 87.8 Å². The van der Waals surface area contributed by atoms with Crippen LogP contribution in [0, 0.1) is 0 Å². The van der Waals surface area contributed by atoms with Crippen molar-refractivity contribution in [2.75, 3.05) is 11.6 Å². The van der Waals surface area contributed by atoms with Crippen LogP contribution in [0.2, 0.25) is 10.3 Å². The van der Waals surface area contributed by atoms with Crippen molar-refractivity contribution in [3.8, 4) is 0 Å². The number of hydrogen-bond acceptors (Lipinski definition) is 6. The maximum absolute atomic E-state index is 12.9. The number of anilines is 1. The monoisotopic (exact) mass is 468 g/mol. The Balaban J connectivity index is 1.78. The van der Waals surface area contributed by atoms with E-state index in [9.17, 15) is 4.79 Å². The maximum Gasteiger partial charge on any atom is 0.344 e. The quantitative estimate of drug-likeness (QED) is 0.360. The zero-order valence-corrected chi connectivity index (χ0v) is 19.4. The lowest BCUT2D eigenvalue weighted by molar-refractivity contribution is 0.00694. The van der Waals surface area contributed by atoms with Crippen molar-refractivity contribution in [1.82, 2.24) is 9.97 Å². The van der Waals surface area contributed by atoms with Crippen LogP contribution in [0.15, 0.2) is 65.9 Å². The number of hydrogen-bond donors (Lipinski definition) is 0. The number of esters is 1. The Hall–Kier alpha value is -2.96. The molecular weight excluding hydrogens is 447 g/mol. The average Bonchev–Trinajstić information content (AvgIpc) is 3.19. The van der Waals surface area contributed by atoms with Crippen molar-refractivity contribution in [1.29, 1.82) is 0 Å². The number of carbonyl (C=O) groups is 1. The minimum Gasteiger partial charge on any atom is -0.456 e. The van der Waals surface area contributed by atoms with Gasteiger partial charge >= 0.3 is 5.97 Å². The number of nitrogens with zero attached hydrogens (tertiary/aromatic N) is 4. The molecule has 1 atom stereocenters. The summed E-state index contributed by atoms with van der Waals surface area (Å²) in [6, 6.07) is 17.6. The van der Waals surface area contributed by atoms with Gasteiger partial charge in [-0.2, -0.15) is 10.1 Å². The second-order valence-corrected chi connectivity index (χ2v) is 9.19. The predicted molar refractivity (Wildman–Crippen MR) is 127 cm³/mol. The van der Waals surface area contributed by atoms with Crippen molar-refractivity contribution in [2.45, 2.75) is 32.3 Å². The highest BCUT2D eigenvalue weighted by atomic mass is 35.5. The van der Waals surface area contributed by atoms with Gasteiger partial charge in [-0.05, 0) is 55.6 Å². The molecule has 2 heterocycles. The Bertz CT molecular complexity index is 1160. The van der Waals surface area contributed by atoms with E-state index in [0.29, 0.717) is 17.4 Å². The minimum absolute atomic E-state index is 0.0266. The van der Waals surface area contributed by atoms with Gasteiger partial charge in [0.2, 0.25) is 5.28 Å². The summed E-state index contributed by atoms with van der Waals surface area (Å²) in [4.78, 5) is 21.2. The first-order valence-electron chi connectivity index (χ1n) is 10.1. The fraction of sp³-hybridized carbons (Fsp3) is 0.250. The number of aromatic nitrogens is 2. The fourth-order valence-electron chi connectivity index (χ4n) is 3.49. The molecule has 0 saturated carbocycles. The normalized spacial score (nSPS) is 16.1. The highest BCUT2D eigenvalue weighted by Crippen LogP contribution is 2.33. The number of rotatable bonds is 4. The number of halogens is 2. The molecule has 0 bridgehead atoms. The van der Waals surface area contributed by atoms with Crippen LogP contribution in [-0.2, 0) is 4.74 Å². The lowest BCUT2D eigenvalue weighted by Crippen LogP contribution is -2.27. The molecule has 4 rings (SSSR count). The largest absolute Gasteiger partial charge is 0.456 e. The highest BCUT2D eigenvalue weighted by Gasteiger charge is 2.33. The lowest BCUT2D eigenvalue weighted by Gasteiger charge is -2.22. The topological polar surface area (TPSA) is 67.7 Å². The second-order valence-electron chi connectivity index (χ2n) is 8.42. The molecule has 0 aliphatic carbocycles. The zero-order valence-electron chi connectivity index (χ0n) is 17.9. The van der Waals surface area contributed by atoms with E-state index in [4.69, 9.17) is 33.0 Å². The van der Waals surface area contributed by atoms with Crippen LogP contribution in [0.25, 0.3) is 0 Å². The van der Waals surface area contributed by atoms with Gasteiger partial charge in [0, 0.05) is 17.1 Å². The maximum atomic E-state index is 12.9. The molecule has 1 aliphatic heterocycles. The van der Waals surface area contributed by atoms with E-state index in [0.717, 1.165) is 16.8 Å². The van der Waals surface area contributed by atoms with Crippen molar-refractivity contribution in [2.24, 2.45) is 5.10 Å². The van der Waals surface area contributed by atoms with Crippen molar-refractivity contribution >= 4 is 40.7 Å². The van der Waals surface area contributed by atoms with Gasteiger partial charge < -0.3 is 4.74 Å². The van der Waals surface area contributed by atoms with Gasteiger partial charge in [-0.1, -0.05) is 54.1 Å². The number of ether oxygens (including phenoxy) is 1. The molecule has 0 saturated heterocycles. The van der Waals surface area contributed by atoms with Gasteiger partial charge in [0.05, 0.1) is 12.3 Å². The first-order chi connectivity index (χ1) is 15.2. The smallest absolute Gasteiger partial charge is 0.344 e. The third-order valence-electron chi connectivity index (χ3n) is 4.86. The van der Waals surface area contributed by atoms with E-state index < -0.39 is 11.6 Å². The third-order valence-corrected chi connectivity index (χ3v) is 5.29. The van der Waals surface area contributed by atoms with E-state index in [2.05, 4.69) is 22.1 Å². The van der Waals surface area contributed by atoms with Crippen LogP contribution in [-0.4, -0.2) is 33.8 Å². The number of hydrazone groups is 1. The molecule has 8 heteroatoms. The molecule has 0 fully saturated rings. The Kier molecular flexibility index (Phi) is 6.17. The van der Waals surface area contributed by atoms with E-state index in [1.165, 1.54) is 6.20 Å². The van der Waals surface area contributed by atoms with Crippen LogP contribution >= 0.6 is 23.2 Å². The molecular formula is C24H22Cl2N4O2. The summed E-state index contributed by atoms with van der Waals surface area (Å²) in [5, 5.41) is 7.21. The number of benzene rings is 2. The molecule has 3 aromatic rings. The summed E-state index contributed by atoms with van der Waals surface area (Å²) in [6.07, 6.45) is 1.38. The van der Waals surface area contributed by atoms with Gasteiger partial charge in [0.15, 0.2) is 5.82 Å². The highest BCUT2D eigenvalue weighted by molar-refractivity contribution is 6.30. The Labute approximate surface area is 196 Å². The van der Waals surface area contributed by atoms with E-state index >= 15 is 0 Å². The van der Waals surface area contributed by atoms with Crippen LogP contribution in [0.1, 0.15) is 48.2 Å². The molecule has 1 unspecified atom stereocenters. The molecule has 1 aromatic heterocycles. The van der Waals surface area contributed by atoms with Gasteiger partial charge in [-0.25, -0.2) is 14.8 Å². The predicted octanol–water partition coefficient (Wildman–Crippen LogP) is 5.75. The molecule has 0 spiro atoms. The first-order valence-corrected chi connectivity index (χ1v) is 10.9. The summed E-state index contributed by atoms with van der Waals surface area (Å²) in [7, 11) is 0. The first kappa shape index (κ1) is 22.2. The summed E-state index contributed by atoms with van der Waals surface area (Å²) >= 11 is 12.2. The Morgan fingerprint density at radius 1 is 1.06 bits per heavy atom. The molecule has 2 aromatic carbocycles. The van der Waals surface area contributed by atoms with Gasteiger partial charge in [0.1, 0.15) is 11.2 Å². The Morgan fingerprint density at radius 2 is 1.75 bits per heavy atom. The lowest BCUT2D eigenvalue weighted by atomic mass is 9.91. The fourth-order valence-corrected chi connectivity index (χ4v) is 3.74. The average molecular weight is 469 g/mol. The molecule has 0 radical (unpaired) electrons. The summed E-state index contributed by atoms with van der Waals surface area (Å²) in [5.74, 6) is -0.266. The van der Waals surface area contributed by atoms with E-state index in [1.807, 2.05) is 42.5 Å². The van der Waals surface area contributed by atoms with Gasteiger partial charge in [-0.15, -0.1) is 0 Å². The molecule has 32 heavy (non-hydrogen) atoms. The van der Waals surface area contributed by atoms with Crippen molar-refractivity contribution < 1.29 is 9.53 Å². The Morgan fingerprint density at radius 3 is 2.41 bits per heavy atom. The van der Waals surface area contributed by atoms with Crippen LogP contribution in [0.5, 0.6) is 0 Å². The standard InChI is InChI=1S/C24H22Cl2N4O2/c1-24(2,3)32-22(31)18-13-27-23(26)28-21(18)30-14-19(15-7-5-4-6-8-15)20(29-30)16-9-11-17(25)12-10-16/h4-13,19H,14H2,1-3H3. The van der Waals surface area contributed by atoms with Crippen LogP contribution in [0.3, 0.4) is 0 Å². The molecule has 0 amide bonds. The number of carbonyl (C=O) groups excluding carboxylic acids is 1. The van der Waals surface area contributed by atoms with Gasteiger partial charge in [-0.3, -0.25) is 0 Å². The SMILES string of the molecule is CC(C)(C)OC(=O)c1cnc(Cl)nc1N1CC(c2ccccc2)C(c2ccc(Cl)cc2)=N1. The summed E-state index contributed by atoms with van der Waals surface area (Å²) in [6.45, 7) is 5.89. The summed E-state index contributed by atoms with van der Waals surface area (Å²) < 4.78 is 5.55. The molecule has 164 valence electrons. The molecule has 0 N–H and O–H groups in total. The molecule has 6 nitrogen and oxygen atoms in total. The molecule has 1 aliphatic rings. The zero-order chi connectivity index (χ0) is 22.9. The second kappa shape index (κ2) is 8.88. The van der Waals surface area contributed by atoms with E-state index in [1.54, 1.807) is 25.8 Å². The third kappa shape index (κ3) is 4.92. The van der Waals surface area contributed by atoms with Crippen LogP contribution < -0.4 is 5.01 Å². The summed E-state index contributed by atoms with van der Waals surface area (Å²) in [5.41, 5.74) is 2.42. The van der Waals surface area contributed by atoms with Crippen LogP contribution in [0.4, 0.5) is 5.82 Å². The van der Waals surface area contributed by atoms with Crippen molar-refractivity contribution in [3.63, 3.8) is 0 Å². The van der Waals surface area contributed by atoms with E-state index in [-0.39, 0.29) is 16.8 Å².